The lowest BCUT2D eigenvalue weighted by Crippen LogP contribution is -2.52. The first-order valence-electron chi connectivity index (χ1n) is 12.5. The van der Waals surface area contributed by atoms with Gasteiger partial charge in [0, 0.05) is 31.9 Å². The Bertz CT molecular complexity index is 996. The molecule has 0 bridgehead atoms. The lowest BCUT2D eigenvalue weighted by Gasteiger charge is -2.43. The third-order valence-corrected chi connectivity index (χ3v) is 6.66. The summed E-state index contributed by atoms with van der Waals surface area (Å²) in [5.41, 5.74) is 3.10. The van der Waals surface area contributed by atoms with Crippen LogP contribution in [0.25, 0.3) is 0 Å². The van der Waals surface area contributed by atoms with Crippen LogP contribution < -0.4 is 5.32 Å². The summed E-state index contributed by atoms with van der Waals surface area (Å²) in [5.74, 6) is 0. The number of ether oxygens (including phenoxy) is 2. The van der Waals surface area contributed by atoms with E-state index < -0.39 is 11.7 Å². The molecule has 1 fully saturated rings. The van der Waals surface area contributed by atoms with Crippen molar-refractivity contribution >= 4 is 24.4 Å². The molecule has 0 radical (unpaired) electrons. The number of nitrogens with zero attached hydrogens (tertiary/aromatic N) is 1. The number of para-hydroxylation sites is 1. The van der Waals surface area contributed by atoms with Crippen LogP contribution in [0.5, 0.6) is 0 Å². The van der Waals surface area contributed by atoms with Crippen molar-refractivity contribution in [3.63, 3.8) is 0 Å². The van der Waals surface area contributed by atoms with Crippen molar-refractivity contribution in [3.05, 3.63) is 102 Å². The molecule has 0 saturated carbocycles. The van der Waals surface area contributed by atoms with Gasteiger partial charge >= 0.3 is 0 Å². The molecule has 1 aliphatic heterocycles. The molecule has 0 spiro atoms. The summed E-state index contributed by atoms with van der Waals surface area (Å²) >= 11 is 0. The van der Waals surface area contributed by atoms with Gasteiger partial charge in [-0.2, -0.15) is 0 Å². The third kappa shape index (κ3) is 8.75. The maximum absolute atomic E-state index is 11.9. The number of anilines is 1. The van der Waals surface area contributed by atoms with E-state index in [0.717, 1.165) is 56.4 Å². The SMILES string of the molecule is Cl.O=CC(COCc1ccccc1)OC1(CNc2ccccc2)CCN(CCc2ccccc2)CC1. The molecule has 3 aromatic rings. The van der Waals surface area contributed by atoms with E-state index in [9.17, 15) is 4.79 Å². The molecular formula is C30H37ClN2O3. The Hall–Kier alpha value is -2.70. The molecule has 4 rings (SSSR count). The summed E-state index contributed by atoms with van der Waals surface area (Å²) in [6, 6.07) is 30.8. The molecule has 1 saturated heterocycles. The number of carbonyl (C=O) groups excluding carboxylic acids is 1. The van der Waals surface area contributed by atoms with Gasteiger partial charge in [0.15, 0.2) is 6.29 Å². The second-order valence-electron chi connectivity index (χ2n) is 9.27. The van der Waals surface area contributed by atoms with Gasteiger partial charge in [-0.1, -0.05) is 78.9 Å². The van der Waals surface area contributed by atoms with Gasteiger partial charge in [0.1, 0.15) is 6.10 Å². The van der Waals surface area contributed by atoms with Crippen molar-refractivity contribution in [1.29, 1.82) is 0 Å². The highest BCUT2D eigenvalue weighted by molar-refractivity contribution is 5.85. The molecule has 1 unspecified atom stereocenters. The molecule has 5 nitrogen and oxygen atoms in total. The summed E-state index contributed by atoms with van der Waals surface area (Å²) in [7, 11) is 0. The van der Waals surface area contributed by atoms with E-state index in [4.69, 9.17) is 9.47 Å². The Morgan fingerprint density at radius 1 is 0.861 bits per heavy atom. The minimum absolute atomic E-state index is 0. The van der Waals surface area contributed by atoms with Crippen molar-refractivity contribution in [2.24, 2.45) is 0 Å². The Labute approximate surface area is 221 Å². The number of likely N-dealkylation sites (tertiary alicyclic amines) is 1. The van der Waals surface area contributed by atoms with Crippen LogP contribution in [0.1, 0.15) is 24.0 Å². The monoisotopic (exact) mass is 508 g/mol. The molecule has 0 amide bonds. The van der Waals surface area contributed by atoms with Crippen LogP contribution in [-0.4, -0.2) is 55.7 Å². The van der Waals surface area contributed by atoms with Gasteiger partial charge in [-0.05, 0) is 42.5 Å². The fraction of sp³-hybridized carbons (Fsp3) is 0.367. The highest BCUT2D eigenvalue weighted by atomic mass is 35.5. The second kappa shape index (κ2) is 14.8. The first kappa shape index (κ1) is 27.9. The Kier molecular flexibility index (Phi) is 11.4. The molecule has 1 atom stereocenters. The zero-order valence-electron chi connectivity index (χ0n) is 20.8. The molecule has 1 N–H and O–H groups in total. The van der Waals surface area contributed by atoms with E-state index in [0.29, 0.717) is 13.2 Å². The van der Waals surface area contributed by atoms with Gasteiger partial charge in [-0.25, -0.2) is 0 Å². The van der Waals surface area contributed by atoms with Crippen molar-refractivity contribution in [2.45, 2.75) is 37.6 Å². The molecule has 0 aromatic heterocycles. The molecule has 6 heteroatoms. The summed E-state index contributed by atoms with van der Waals surface area (Å²) in [6.07, 6.45) is 3.07. The normalized spacial score (nSPS) is 16.0. The number of piperidine rings is 1. The third-order valence-electron chi connectivity index (χ3n) is 6.66. The number of nitrogens with one attached hydrogen (secondary N) is 1. The largest absolute Gasteiger partial charge is 0.382 e. The Morgan fingerprint density at radius 3 is 2.06 bits per heavy atom. The molecule has 1 heterocycles. The van der Waals surface area contributed by atoms with E-state index in [1.165, 1.54) is 5.56 Å². The second-order valence-corrected chi connectivity index (χ2v) is 9.27. The molecule has 36 heavy (non-hydrogen) atoms. The molecule has 3 aromatic carbocycles. The lowest BCUT2D eigenvalue weighted by atomic mass is 9.90. The quantitative estimate of drug-likeness (QED) is 0.313. The van der Waals surface area contributed by atoms with Crippen LogP contribution in [0.15, 0.2) is 91.0 Å². The van der Waals surface area contributed by atoms with Gasteiger partial charge in [-0.15, -0.1) is 12.4 Å². The van der Waals surface area contributed by atoms with Gasteiger partial charge in [0.2, 0.25) is 0 Å². The fourth-order valence-electron chi connectivity index (χ4n) is 4.56. The molecule has 192 valence electrons. The minimum atomic E-state index is -0.591. The first-order chi connectivity index (χ1) is 17.2. The highest BCUT2D eigenvalue weighted by Crippen LogP contribution is 2.29. The van der Waals surface area contributed by atoms with Crippen LogP contribution in [0.3, 0.4) is 0 Å². The van der Waals surface area contributed by atoms with E-state index in [2.05, 4.69) is 52.7 Å². The van der Waals surface area contributed by atoms with E-state index >= 15 is 0 Å². The van der Waals surface area contributed by atoms with E-state index in [1.807, 2.05) is 48.5 Å². The minimum Gasteiger partial charge on any atom is -0.382 e. The van der Waals surface area contributed by atoms with Crippen molar-refractivity contribution in [3.8, 4) is 0 Å². The summed E-state index contributed by atoms with van der Waals surface area (Å²) in [5, 5.41) is 3.54. The summed E-state index contributed by atoms with van der Waals surface area (Å²) < 4.78 is 12.4. The molecular weight excluding hydrogens is 472 g/mol. The smallest absolute Gasteiger partial charge is 0.151 e. The first-order valence-corrected chi connectivity index (χ1v) is 12.5. The predicted octanol–water partition coefficient (Wildman–Crippen LogP) is 5.40. The van der Waals surface area contributed by atoms with Crippen molar-refractivity contribution in [1.82, 2.24) is 4.90 Å². The summed E-state index contributed by atoms with van der Waals surface area (Å²) in [6.45, 7) is 4.30. The Morgan fingerprint density at radius 2 is 1.44 bits per heavy atom. The van der Waals surface area contributed by atoms with Gasteiger partial charge in [0.05, 0.1) is 18.8 Å². The van der Waals surface area contributed by atoms with Gasteiger partial charge in [-0.3, -0.25) is 0 Å². The maximum Gasteiger partial charge on any atom is 0.151 e. The number of carbonyl (C=O) groups is 1. The van der Waals surface area contributed by atoms with Crippen LogP contribution in [-0.2, 0) is 27.3 Å². The van der Waals surface area contributed by atoms with Crippen molar-refractivity contribution < 1.29 is 14.3 Å². The Balaban J connectivity index is 0.00000361. The average molecular weight is 509 g/mol. The molecule has 0 aliphatic carbocycles. The number of halogens is 1. The maximum atomic E-state index is 11.9. The van der Waals surface area contributed by atoms with Crippen LogP contribution in [0.2, 0.25) is 0 Å². The van der Waals surface area contributed by atoms with Crippen LogP contribution in [0, 0.1) is 0 Å². The lowest BCUT2D eigenvalue weighted by molar-refractivity contribution is -0.150. The number of benzene rings is 3. The average Bonchev–Trinajstić information content (AvgIpc) is 2.93. The zero-order valence-corrected chi connectivity index (χ0v) is 21.6. The highest BCUT2D eigenvalue weighted by Gasteiger charge is 2.37. The fourth-order valence-corrected chi connectivity index (χ4v) is 4.56. The van der Waals surface area contributed by atoms with Gasteiger partial charge < -0.3 is 24.5 Å². The standard InChI is InChI=1S/C30H36N2O3.ClH/c33-22-29(24-34-23-27-12-6-2-7-13-27)35-30(25-31-28-14-8-3-9-15-28)17-20-32(21-18-30)19-16-26-10-4-1-5-11-26;/h1-15,22,29,31H,16-21,23-25H2;1H. The van der Waals surface area contributed by atoms with E-state index in [1.54, 1.807) is 0 Å². The topological polar surface area (TPSA) is 50.8 Å². The number of hydrogen-bond acceptors (Lipinski definition) is 5. The van der Waals surface area contributed by atoms with E-state index in [-0.39, 0.29) is 19.0 Å². The number of hydrogen-bond donors (Lipinski definition) is 1. The van der Waals surface area contributed by atoms with Crippen LogP contribution in [0.4, 0.5) is 5.69 Å². The molecule has 1 aliphatic rings. The number of aldehydes is 1. The summed E-state index contributed by atoms with van der Waals surface area (Å²) in [4.78, 5) is 14.4. The van der Waals surface area contributed by atoms with Gasteiger partial charge in [0.25, 0.3) is 0 Å². The predicted molar refractivity (Wildman–Crippen MR) is 148 cm³/mol. The number of rotatable bonds is 13. The van der Waals surface area contributed by atoms with Crippen molar-refractivity contribution in [2.75, 3.05) is 38.1 Å². The zero-order chi connectivity index (χ0) is 24.2. The van der Waals surface area contributed by atoms with Crippen LogP contribution >= 0.6 is 12.4 Å².